The lowest BCUT2D eigenvalue weighted by molar-refractivity contribution is 0.0684. The molecular weight excluding hydrogens is 464 g/mol. The number of carbonyl (C=O) groups is 3. The molecule has 8 heteroatoms. The van der Waals surface area contributed by atoms with E-state index in [1.807, 2.05) is 23.1 Å². The normalized spacial score (nSPS) is 14.1. The van der Waals surface area contributed by atoms with Crippen LogP contribution in [0.25, 0.3) is 0 Å². The molecule has 2 aromatic carbocycles. The number of nitrogens with one attached hydrogen (secondary N) is 1. The quantitative estimate of drug-likeness (QED) is 0.484. The Balaban J connectivity index is 1.46. The van der Waals surface area contributed by atoms with Crippen molar-refractivity contribution in [1.29, 1.82) is 0 Å². The molecule has 1 aliphatic rings. The molecular formula is C23H25BrN2O5. The summed E-state index contributed by atoms with van der Waals surface area (Å²) in [5.41, 5.74) is 1.15. The number of rotatable bonds is 6. The Morgan fingerprint density at radius 3 is 2.39 bits per heavy atom. The van der Waals surface area contributed by atoms with Gasteiger partial charge in [0.1, 0.15) is 5.75 Å². The minimum Gasteiger partial charge on any atom is -0.434 e. The minimum atomic E-state index is -0.768. The highest BCUT2D eigenvalue weighted by molar-refractivity contribution is 9.10. The van der Waals surface area contributed by atoms with Gasteiger partial charge in [0, 0.05) is 29.7 Å². The van der Waals surface area contributed by atoms with Gasteiger partial charge in [-0.2, -0.15) is 0 Å². The fourth-order valence-corrected chi connectivity index (χ4v) is 3.87. The highest BCUT2D eigenvalue weighted by atomic mass is 79.9. The molecule has 0 aromatic heterocycles. The van der Waals surface area contributed by atoms with Gasteiger partial charge in [-0.05, 0) is 78.0 Å². The van der Waals surface area contributed by atoms with Crippen LogP contribution in [0.15, 0.2) is 53.0 Å². The molecule has 7 nitrogen and oxygen atoms in total. The van der Waals surface area contributed by atoms with Gasteiger partial charge in [0.2, 0.25) is 0 Å². The molecule has 164 valence electrons. The third-order valence-corrected chi connectivity index (χ3v) is 5.83. The second-order valence-electron chi connectivity index (χ2n) is 7.23. The number of benzene rings is 2. The molecule has 0 aliphatic carbocycles. The molecule has 0 atom stereocenters. The van der Waals surface area contributed by atoms with Crippen LogP contribution in [0.3, 0.4) is 0 Å². The number of hydrogen-bond acceptors (Lipinski definition) is 5. The van der Waals surface area contributed by atoms with E-state index in [1.54, 1.807) is 37.3 Å². The van der Waals surface area contributed by atoms with E-state index in [0.29, 0.717) is 42.4 Å². The van der Waals surface area contributed by atoms with Crippen LogP contribution in [0.5, 0.6) is 5.75 Å². The van der Waals surface area contributed by atoms with Crippen molar-refractivity contribution in [3.8, 4) is 5.75 Å². The molecule has 1 fully saturated rings. The summed E-state index contributed by atoms with van der Waals surface area (Å²) in [7, 11) is 0. The van der Waals surface area contributed by atoms with E-state index in [2.05, 4.69) is 21.2 Å². The lowest BCUT2D eigenvalue weighted by Gasteiger charge is -2.32. The van der Waals surface area contributed by atoms with Gasteiger partial charge in [-0.25, -0.2) is 4.79 Å². The molecule has 0 bridgehead atoms. The van der Waals surface area contributed by atoms with Gasteiger partial charge in [-0.3, -0.25) is 9.59 Å². The van der Waals surface area contributed by atoms with E-state index < -0.39 is 6.16 Å². The first kappa shape index (κ1) is 22.8. The average Bonchev–Trinajstić information content (AvgIpc) is 2.78. The molecule has 1 saturated heterocycles. The van der Waals surface area contributed by atoms with E-state index >= 15 is 0 Å². The fraction of sp³-hybridized carbons (Fsp3) is 0.348. The van der Waals surface area contributed by atoms with E-state index in [9.17, 15) is 14.4 Å². The van der Waals surface area contributed by atoms with Crippen molar-refractivity contribution >= 4 is 33.9 Å². The van der Waals surface area contributed by atoms with Gasteiger partial charge < -0.3 is 19.7 Å². The number of hydrogen-bond donors (Lipinski definition) is 1. The van der Waals surface area contributed by atoms with Gasteiger partial charge in [-0.1, -0.05) is 12.1 Å². The zero-order valence-corrected chi connectivity index (χ0v) is 18.9. The molecule has 0 spiro atoms. The molecule has 1 N–H and O–H groups in total. The molecule has 0 radical (unpaired) electrons. The lowest BCUT2D eigenvalue weighted by atomic mass is 9.96. The van der Waals surface area contributed by atoms with E-state index in [0.717, 1.165) is 17.3 Å². The number of likely N-dealkylation sites (tertiary alicyclic amines) is 1. The summed E-state index contributed by atoms with van der Waals surface area (Å²) in [5.74, 6) is 0.500. The topological polar surface area (TPSA) is 84.9 Å². The first-order valence-electron chi connectivity index (χ1n) is 10.2. The van der Waals surface area contributed by atoms with Crippen molar-refractivity contribution in [3.05, 3.63) is 64.1 Å². The van der Waals surface area contributed by atoms with Crippen LogP contribution >= 0.6 is 15.9 Å². The summed E-state index contributed by atoms with van der Waals surface area (Å²) in [6.07, 6.45) is 0.883. The van der Waals surface area contributed by atoms with Crippen molar-refractivity contribution in [1.82, 2.24) is 10.2 Å². The molecule has 3 rings (SSSR count). The molecule has 0 unspecified atom stereocenters. The Hall–Kier alpha value is -2.87. The van der Waals surface area contributed by atoms with Crippen LogP contribution in [0.2, 0.25) is 0 Å². The van der Waals surface area contributed by atoms with Crippen LogP contribution < -0.4 is 10.1 Å². The monoisotopic (exact) mass is 488 g/mol. The average molecular weight is 489 g/mol. The smallest absolute Gasteiger partial charge is 0.434 e. The second kappa shape index (κ2) is 10.9. The van der Waals surface area contributed by atoms with Crippen molar-refractivity contribution in [2.45, 2.75) is 19.8 Å². The van der Waals surface area contributed by atoms with Gasteiger partial charge in [0.25, 0.3) is 11.8 Å². The van der Waals surface area contributed by atoms with E-state index in [4.69, 9.17) is 9.47 Å². The third-order valence-electron chi connectivity index (χ3n) is 5.14. The molecule has 1 heterocycles. The number of halogens is 1. The molecule has 2 amide bonds. The van der Waals surface area contributed by atoms with Crippen LogP contribution in [0, 0.1) is 5.92 Å². The maximum absolute atomic E-state index is 12.7. The first-order valence-corrected chi connectivity index (χ1v) is 11.0. The predicted octanol–water partition coefficient (Wildman–Crippen LogP) is 4.27. The number of amides is 2. The van der Waals surface area contributed by atoms with E-state index in [-0.39, 0.29) is 18.4 Å². The molecule has 0 saturated carbocycles. The van der Waals surface area contributed by atoms with Gasteiger partial charge in [0.15, 0.2) is 0 Å². The van der Waals surface area contributed by atoms with Gasteiger partial charge in [-0.15, -0.1) is 0 Å². The lowest BCUT2D eigenvalue weighted by Crippen LogP contribution is -2.41. The number of nitrogens with zero attached hydrogens (tertiary/aromatic N) is 1. The summed E-state index contributed by atoms with van der Waals surface area (Å²) < 4.78 is 10.5. The Labute approximate surface area is 189 Å². The molecule has 31 heavy (non-hydrogen) atoms. The summed E-state index contributed by atoms with van der Waals surface area (Å²) in [6, 6.07) is 13.8. The van der Waals surface area contributed by atoms with Crippen molar-refractivity contribution < 1.29 is 23.9 Å². The summed E-state index contributed by atoms with van der Waals surface area (Å²) >= 11 is 3.40. The summed E-state index contributed by atoms with van der Waals surface area (Å²) in [4.78, 5) is 38.3. The highest BCUT2D eigenvalue weighted by Gasteiger charge is 2.24. The number of ether oxygens (including phenoxy) is 2. The highest BCUT2D eigenvalue weighted by Crippen LogP contribution is 2.21. The number of carbonyl (C=O) groups excluding carboxylic acids is 3. The summed E-state index contributed by atoms with van der Waals surface area (Å²) in [6.45, 7) is 3.79. The predicted molar refractivity (Wildman–Crippen MR) is 119 cm³/mol. The SMILES string of the molecule is CCOC(=O)Oc1ccc(C(=O)N2CCC(CNC(=O)c3ccccc3Br)CC2)cc1. The largest absolute Gasteiger partial charge is 0.513 e. The van der Waals surface area contributed by atoms with E-state index in [1.165, 1.54) is 0 Å². The van der Waals surface area contributed by atoms with Crippen LogP contribution in [-0.4, -0.2) is 49.1 Å². The van der Waals surface area contributed by atoms with Gasteiger partial charge in [0.05, 0.1) is 12.2 Å². The van der Waals surface area contributed by atoms with Gasteiger partial charge >= 0.3 is 6.16 Å². The van der Waals surface area contributed by atoms with Crippen LogP contribution in [-0.2, 0) is 4.74 Å². The molecule has 1 aliphatic heterocycles. The maximum atomic E-state index is 12.7. The second-order valence-corrected chi connectivity index (χ2v) is 8.09. The fourth-order valence-electron chi connectivity index (χ4n) is 3.41. The van der Waals surface area contributed by atoms with Crippen molar-refractivity contribution in [2.24, 2.45) is 5.92 Å². The zero-order valence-electron chi connectivity index (χ0n) is 17.3. The number of piperidine rings is 1. The van der Waals surface area contributed by atoms with Crippen molar-refractivity contribution in [3.63, 3.8) is 0 Å². The zero-order chi connectivity index (χ0) is 22.2. The Morgan fingerprint density at radius 2 is 1.74 bits per heavy atom. The van der Waals surface area contributed by atoms with Crippen LogP contribution in [0.4, 0.5) is 4.79 Å². The standard InChI is InChI=1S/C23H25BrN2O5/c1-2-30-23(29)31-18-9-7-17(8-10-18)22(28)26-13-11-16(12-14-26)15-25-21(27)19-5-3-4-6-20(19)24/h3-10,16H,2,11-15H2,1H3,(H,25,27). The van der Waals surface area contributed by atoms with Crippen molar-refractivity contribution in [2.75, 3.05) is 26.2 Å². The maximum Gasteiger partial charge on any atom is 0.513 e. The first-order chi connectivity index (χ1) is 15.0. The Morgan fingerprint density at radius 1 is 1.06 bits per heavy atom. The summed E-state index contributed by atoms with van der Waals surface area (Å²) in [5, 5.41) is 2.99. The Bertz CT molecular complexity index is 924. The van der Waals surface area contributed by atoms with Crippen LogP contribution in [0.1, 0.15) is 40.5 Å². The third kappa shape index (κ3) is 6.30. The Kier molecular flexibility index (Phi) is 8.06. The minimum absolute atomic E-state index is 0.0570. The molecule has 2 aromatic rings.